The largest absolute Gasteiger partial charge is 0.307 e. The third-order valence-electron chi connectivity index (χ3n) is 7.59. The fraction of sp³-hybridized carbons (Fsp3) is 1.00. The Hall–Kier alpha value is -0.160. The minimum atomic E-state index is 0.238. The second-order valence-electron chi connectivity index (χ2n) is 13.4. The molecule has 2 aliphatic rings. The molecule has 0 unspecified atom stereocenters. The van der Waals surface area contributed by atoms with E-state index in [0.717, 1.165) is 0 Å². The quantitative estimate of drug-likeness (QED) is 0.448. The fourth-order valence-corrected chi connectivity index (χ4v) is 6.92. The molecule has 0 aromatic carbocycles. The Kier molecular flexibility index (Phi) is 9.09. The van der Waals surface area contributed by atoms with Crippen LogP contribution in [0.15, 0.2) is 0 Å². The highest BCUT2D eigenvalue weighted by atomic mass is 15.2. The van der Waals surface area contributed by atoms with Crippen LogP contribution in [0.5, 0.6) is 0 Å². The van der Waals surface area contributed by atoms with Gasteiger partial charge in [0.25, 0.3) is 0 Å². The number of hydrogen-bond donors (Lipinski definition) is 2. The van der Waals surface area contributed by atoms with Crippen molar-refractivity contribution in [1.29, 1.82) is 0 Å². The zero-order valence-corrected chi connectivity index (χ0v) is 22.8. The van der Waals surface area contributed by atoms with Crippen LogP contribution in [0.4, 0.5) is 0 Å². The molecular formula is C27H56N4. The molecule has 0 aromatic heterocycles. The van der Waals surface area contributed by atoms with E-state index in [1.165, 1.54) is 71.0 Å². The van der Waals surface area contributed by atoms with E-state index in [4.69, 9.17) is 0 Å². The second-order valence-corrected chi connectivity index (χ2v) is 13.4. The summed E-state index contributed by atoms with van der Waals surface area (Å²) in [4.78, 5) is 5.40. The zero-order chi connectivity index (χ0) is 23.5. The molecule has 4 nitrogen and oxygen atoms in total. The van der Waals surface area contributed by atoms with Gasteiger partial charge in [-0.1, -0.05) is 19.8 Å². The normalized spacial score (nSPS) is 25.9. The summed E-state index contributed by atoms with van der Waals surface area (Å²) < 4.78 is 0. The molecule has 0 atom stereocenters. The molecule has 0 amide bonds. The first kappa shape index (κ1) is 27.1. The van der Waals surface area contributed by atoms with Gasteiger partial charge in [0.1, 0.15) is 0 Å². The number of rotatable bonds is 10. The number of nitrogens with zero attached hydrogens (tertiary/aromatic N) is 2. The predicted octanol–water partition coefficient (Wildman–Crippen LogP) is 5.42. The topological polar surface area (TPSA) is 30.5 Å². The van der Waals surface area contributed by atoms with Crippen molar-refractivity contribution < 1.29 is 0 Å². The van der Waals surface area contributed by atoms with E-state index in [1.807, 2.05) is 0 Å². The fourth-order valence-electron chi connectivity index (χ4n) is 6.92. The second kappa shape index (κ2) is 10.4. The van der Waals surface area contributed by atoms with Gasteiger partial charge in [0.2, 0.25) is 0 Å². The van der Waals surface area contributed by atoms with Crippen LogP contribution in [0.25, 0.3) is 0 Å². The number of nitrogens with one attached hydrogen (secondary N) is 2. The van der Waals surface area contributed by atoms with Gasteiger partial charge in [-0.05, 0) is 121 Å². The molecule has 2 aliphatic heterocycles. The molecule has 2 N–H and O–H groups in total. The van der Waals surface area contributed by atoms with Gasteiger partial charge in [-0.3, -0.25) is 0 Å². The predicted molar refractivity (Wildman–Crippen MR) is 137 cm³/mol. The van der Waals surface area contributed by atoms with Gasteiger partial charge in [0.05, 0.1) is 0 Å². The Morgan fingerprint density at radius 1 is 0.613 bits per heavy atom. The van der Waals surface area contributed by atoms with Crippen LogP contribution in [-0.2, 0) is 0 Å². The van der Waals surface area contributed by atoms with Crippen LogP contribution >= 0.6 is 0 Å². The van der Waals surface area contributed by atoms with E-state index in [-0.39, 0.29) is 22.2 Å². The van der Waals surface area contributed by atoms with Crippen LogP contribution in [0.2, 0.25) is 0 Å². The molecule has 0 aromatic rings. The average molecular weight is 437 g/mol. The van der Waals surface area contributed by atoms with E-state index < -0.39 is 0 Å². The van der Waals surface area contributed by atoms with Crippen molar-refractivity contribution in [3.8, 4) is 0 Å². The van der Waals surface area contributed by atoms with E-state index in [9.17, 15) is 0 Å². The van der Waals surface area contributed by atoms with Crippen LogP contribution in [0, 0.1) is 0 Å². The molecule has 2 heterocycles. The lowest BCUT2D eigenvalue weighted by Crippen LogP contribution is -2.62. The Morgan fingerprint density at radius 3 is 1.42 bits per heavy atom. The molecular weight excluding hydrogens is 380 g/mol. The van der Waals surface area contributed by atoms with Gasteiger partial charge in [-0.15, -0.1) is 0 Å². The van der Waals surface area contributed by atoms with Crippen LogP contribution < -0.4 is 10.6 Å². The Morgan fingerprint density at radius 2 is 1.00 bits per heavy atom. The standard InChI is InChI=1S/C27H56N4/c1-11-31(23-20-26(6,7)29-27(8,9)21-23)17-15-13-12-14-16-30(10)22-18-24(2,3)28-25(4,5)19-22/h22-23,28-29H,11-21H2,1-10H3. The number of piperidine rings is 2. The first-order chi connectivity index (χ1) is 14.1. The first-order valence-electron chi connectivity index (χ1n) is 13.2. The summed E-state index contributed by atoms with van der Waals surface area (Å²) in [6.07, 6.45) is 10.4. The Labute approximate surface area is 195 Å². The third-order valence-corrected chi connectivity index (χ3v) is 7.59. The van der Waals surface area contributed by atoms with Gasteiger partial charge in [-0.25, -0.2) is 0 Å². The molecule has 0 bridgehead atoms. The first-order valence-corrected chi connectivity index (χ1v) is 13.2. The lowest BCUT2D eigenvalue weighted by molar-refractivity contribution is 0.0676. The lowest BCUT2D eigenvalue weighted by atomic mass is 9.79. The highest BCUT2D eigenvalue weighted by Crippen LogP contribution is 2.32. The molecule has 31 heavy (non-hydrogen) atoms. The van der Waals surface area contributed by atoms with Crippen molar-refractivity contribution in [2.45, 2.75) is 148 Å². The molecule has 2 saturated heterocycles. The summed E-state index contributed by atoms with van der Waals surface area (Å²) in [5.41, 5.74) is 0.953. The Balaban J connectivity index is 1.69. The van der Waals surface area contributed by atoms with Crippen molar-refractivity contribution in [2.24, 2.45) is 0 Å². The highest BCUT2D eigenvalue weighted by molar-refractivity contribution is 5.01. The number of hydrogen-bond acceptors (Lipinski definition) is 4. The van der Waals surface area contributed by atoms with E-state index in [0.29, 0.717) is 12.1 Å². The van der Waals surface area contributed by atoms with E-state index in [1.54, 1.807) is 0 Å². The van der Waals surface area contributed by atoms with Crippen molar-refractivity contribution in [3.63, 3.8) is 0 Å². The van der Waals surface area contributed by atoms with Crippen molar-refractivity contribution in [3.05, 3.63) is 0 Å². The summed E-state index contributed by atoms with van der Waals surface area (Å²) in [7, 11) is 2.35. The van der Waals surface area contributed by atoms with Crippen molar-refractivity contribution in [2.75, 3.05) is 26.7 Å². The minimum Gasteiger partial charge on any atom is -0.307 e. The SMILES string of the molecule is CCN(CCCCCCN(C)C1CC(C)(C)NC(C)(C)C1)C1CC(C)(C)NC(C)(C)C1. The Bertz CT molecular complexity index is 519. The highest BCUT2D eigenvalue weighted by Gasteiger charge is 2.40. The molecule has 2 fully saturated rings. The van der Waals surface area contributed by atoms with Gasteiger partial charge in [0.15, 0.2) is 0 Å². The summed E-state index contributed by atoms with van der Waals surface area (Å²) >= 11 is 0. The maximum atomic E-state index is 3.84. The molecule has 0 saturated carbocycles. The van der Waals surface area contributed by atoms with E-state index in [2.05, 4.69) is 89.8 Å². The van der Waals surface area contributed by atoms with Gasteiger partial charge >= 0.3 is 0 Å². The van der Waals surface area contributed by atoms with Gasteiger partial charge in [0, 0.05) is 34.2 Å². The van der Waals surface area contributed by atoms with Crippen LogP contribution in [0.3, 0.4) is 0 Å². The molecule has 184 valence electrons. The average Bonchev–Trinajstić information content (AvgIpc) is 2.55. The van der Waals surface area contributed by atoms with Crippen LogP contribution in [0.1, 0.15) is 114 Å². The molecule has 4 heteroatoms. The number of unbranched alkanes of at least 4 members (excludes halogenated alkanes) is 3. The zero-order valence-electron chi connectivity index (χ0n) is 22.8. The van der Waals surface area contributed by atoms with Gasteiger partial charge < -0.3 is 20.4 Å². The minimum absolute atomic E-state index is 0.238. The molecule has 0 spiro atoms. The lowest BCUT2D eigenvalue weighted by Gasteiger charge is -2.49. The maximum Gasteiger partial charge on any atom is 0.0145 e. The third kappa shape index (κ3) is 8.95. The smallest absolute Gasteiger partial charge is 0.0145 e. The molecule has 0 radical (unpaired) electrons. The van der Waals surface area contributed by atoms with Crippen LogP contribution in [-0.4, -0.2) is 70.7 Å². The maximum absolute atomic E-state index is 3.84. The summed E-state index contributed by atoms with van der Waals surface area (Å²) in [6.45, 7) is 25.0. The summed E-state index contributed by atoms with van der Waals surface area (Å²) in [5, 5.41) is 7.66. The molecule has 2 rings (SSSR count). The van der Waals surface area contributed by atoms with Crippen molar-refractivity contribution in [1.82, 2.24) is 20.4 Å². The summed E-state index contributed by atoms with van der Waals surface area (Å²) in [6, 6.07) is 1.42. The van der Waals surface area contributed by atoms with Crippen molar-refractivity contribution >= 4 is 0 Å². The van der Waals surface area contributed by atoms with Gasteiger partial charge in [-0.2, -0.15) is 0 Å². The summed E-state index contributed by atoms with van der Waals surface area (Å²) in [5.74, 6) is 0. The monoisotopic (exact) mass is 436 g/mol. The van der Waals surface area contributed by atoms with E-state index >= 15 is 0 Å². The molecule has 0 aliphatic carbocycles.